The first kappa shape index (κ1) is 14.3. The molecule has 0 radical (unpaired) electrons. The minimum absolute atomic E-state index is 0.00986. The van der Waals surface area contributed by atoms with E-state index in [4.69, 9.17) is 0 Å². The number of carbonyl (C=O) groups excluding carboxylic acids is 1. The second-order valence-corrected chi connectivity index (χ2v) is 5.07. The molecular weight excluding hydrogens is 250 g/mol. The fraction of sp³-hybridized carbons (Fsp3) is 0.375. The minimum Gasteiger partial charge on any atom is -0.311 e. The molecule has 0 saturated heterocycles. The smallest absolute Gasteiger partial charge is 0.229 e. The third-order valence-corrected chi connectivity index (χ3v) is 3.56. The van der Waals surface area contributed by atoms with Gasteiger partial charge < -0.3 is 5.32 Å². The molecule has 20 heavy (non-hydrogen) atoms. The van der Waals surface area contributed by atoms with Gasteiger partial charge in [-0.15, -0.1) is 0 Å². The molecular formula is C16H21N3O. The Morgan fingerprint density at radius 1 is 1.35 bits per heavy atom. The molecule has 0 aliphatic carbocycles. The zero-order chi connectivity index (χ0) is 14.5. The number of hydrogen-bond donors (Lipinski definition) is 1. The van der Waals surface area contributed by atoms with Crippen LogP contribution in [-0.4, -0.2) is 15.7 Å². The van der Waals surface area contributed by atoms with Gasteiger partial charge in [0.15, 0.2) is 0 Å². The zero-order valence-corrected chi connectivity index (χ0v) is 12.3. The molecule has 1 atom stereocenters. The van der Waals surface area contributed by atoms with Crippen LogP contribution in [0.5, 0.6) is 0 Å². The number of aromatic nitrogens is 2. The van der Waals surface area contributed by atoms with Crippen LogP contribution in [0, 0.1) is 6.92 Å². The van der Waals surface area contributed by atoms with Crippen LogP contribution in [0.3, 0.4) is 0 Å². The van der Waals surface area contributed by atoms with Gasteiger partial charge in [-0.3, -0.25) is 4.79 Å². The van der Waals surface area contributed by atoms with Crippen LogP contribution in [0.2, 0.25) is 0 Å². The fourth-order valence-corrected chi connectivity index (χ4v) is 2.11. The lowest BCUT2D eigenvalue weighted by molar-refractivity contribution is -0.115. The molecule has 0 aliphatic heterocycles. The largest absolute Gasteiger partial charge is 0.311 e. The van der Waals surface area contributed by atoms with Gasteiger partial charge in [-0.1, -0.05) is 31.2 Å². The van der Waals surface area contributed by atoms with Gasteiger partial charge in [0.2, 0.25) is 5.91 Å². The minimum atomic E-state index is -0.00986. The lowest BCUT2D eigenvalue weighted by atomic mass is 10.1. The van der Waals surface area contributed by atoms with Crippen molar-refractivity contribution in [3.05, 3.63) is 47.7 Å². The van der Waals surface area contributed by atoms with Crippen molar-refractivity contribution >= 4 is 11.7 Å². The average molecular weight is 271 g/mol. The van der Waals surface area contributed by atoms with E-state index in [1.165, 1.54) is 0 Å². The van der Waals surface area contributed by atoms with Gasteiger partial charge >= 0.3 is 0 Å². The average Bonchev–Trinajstić information content (AvgIpc) is 2.88. The third-order valence-electron chi connectivity index (χ3n) is 3.56. The van der Waals surface area contributed by atoms with Crippen LogP contribution in [0.4, 0.5) is 5.82 Å². The maximum absolute atomic E-state index is 12.1. The molecule has 1 amide bonds. The normalized spacial score (nSPS) is 12.2. The van der Waals surface area contributed by atoms with Gasteiger partial charge in [-0.2, -0.15) is 5.10 Å². The van der Waals surface area contributed by atoms with Gasteiger partial charge in [0.1, 0.15) is 5.82 Å². The first-order valence-electron chi connectivity index (χ1n) is 6.99. The van der Waals surface area contributed by atoms with Crippen LogP contribution < -0.4 is 5.32 Å². The van der Waals surface area contributed by atoms with E-state index in [0.717, 1.165) is 23.4 Å². The molecule has 0 spiro atoms. The Morgan fingerprint density at radius 3 is 2.80 bits per heavy atom. The summed E-state index contributed by atoms with van der Waals surface area (Å²) in [5.41, 5.74) is 2.19. The number of aryl methyl sites for hydroxylation is 1. The Kier molecular flexibility index (Phi) is 4.56. The Bertz CT molecular complexity index is 589. The predicted molar refractivity (Wildman–Crippen MR) is 80.7 cm³/mol. The molecule has 0 bridgehead atoms. The van der Waals surface area contributed by atoms with Crippen molar-refractivity contribution in [2.45, 2.75) is 39.7 Å². The Balaban J connectivity index is 2.06. The molecule has 2 aromatic rings. The van der Waals surface area contributed by atoms with Gasteiger partial charge in [-0.05, 0) is 31.4 Å². The second-order valence-electron chi connectivity index (χ2n) is 5.07. The Morgan fingerprint density at radius 2 is 2.10 bits per heavy atom. The molecule has 1 aromatic heterocycles. The van der Waals surface area contributed by atoms with Gasteiger partial charge in [0.05, 0.1) is 18.7 Å². The maximum atomic E-state index is 12.1. The summed E-state index contributed by atoms with van der Waals surface area (Å²) >= 11 is 0. The maximum Gasteiger partial charge on any atom is 0.229 e. The lowest BCUT2D eigenvalue weighted by Gasteiger charge is -2.14. The molecule has 4 heteroatoms. The third kappa shape index (κ3) is 3.26. The summed E-state index contributed by atoms with van der Waals surface area (Å²) in [6.45, 7) is 6.21. The summed E-state index contributed by atoms with van der Waals surface area (Å²) in [7, 11) is 0. The van der Waals surface area contributed by atoms with E-state index in [2.05, 4.69) is 24.3 Å². The summed E-state index contributed by atoms with van der Waals surface area (Å²) in [5, 5.41) is 7.21. The number of nitrogens with one attached hydrogen (secondary N) is 1. The monoisotopic (exact) mass is 271 g/mol. The molecule has 0 aliphatic rings. The Hall–Kier alpha value is -2.10. The van der Waals surface area contributed by atoms with Gasteiger partial charge in [-0.25, -0.2) is 4.68 Å². The topological polar surface area (TPSA) is 46.9 Å². The highest BCUT2D eigenvalue weighted by molar-refractivity contribution is 5.91. The quantitative estimate of drug-likeness (QED) is 0.906. The van der Waals surface area contributed by atoms with Crippen LogP contribution in [0.1, 0.15) is 37.4 Å². The van der Waals surface area contributed by atoms with Crippen molar-refractivity contribution in [3.63, 3.8) is 0 Å². The molecule has 1 N–H and O–H groups in total. The first-order chi connectivity index (χ1) is 9.61. The number of hydrogen-bond acceptors (Lipinski definition) is 2. The standard InChI is InChI=1S/C16H21N3O/c1-4-13(3)19-15(9-10-17-19)18-16(20)11-14-8-6-5-7-12(14)2/h5-10,13H,4,11H2,1-3H3,(H,18,20). The van der Waals surface area contributed by atoms with E-state index >= 15 is 0 Å². The summed E-state index contributed by atoms with van der Waals surface area (Å²) in [4.78, 5) is 12.1. The summed E-state index contributed by atoms with van der Waals surface area (Å²) in [6.07, 6.45) is 3.08. The van der Waals surface area contributed by atoms with Crippen molar-refractivity contribution in [2.75, 3.05) is 5.32 Å². The van der Waals surface area contributed by atoms with Gasteiger partial charge in [0.25, 0.3) is 0 Å². The molecule has 106 valence electrons. The number of amides is 1. The molecule has 1 aromatic carbocycles. The highest BCUT2D eigenvalue weighted by atomic mass is 16.1. The van der Waals surface area contributed by atoms with Crippen molar-refractivity contribution in [1.82, 2.24) is 9.78 Å². The number of nitrogens with zero attached hydrogens (tertiary/aromatic N) is 2. The van der Waals surface area contributed by atoms with E-state index in [1.807, 2.05) is 41.9 Å². The van der Waals surface area contributed by atoms with E-state index < -0.39 is 0 Å². The summed E-state index contributed by atoms with van der Waals surface area (Å²) in [6, 6.07) is 10.1. The fourth-order valence-electron chi connectivity index (χ4n) is 2.11. The first-order valence-corrected chi connectivity index (χ1v) is 6.99. The van der Waals surface area contributed by atoms with Crippen molar-refractivity contribution < 1.29 is 4.79 Å². The van der Waals surface area contributed by atoms with E-state index in [0.29, 0.717) is 6.42 Å². The molecule has 0 saturated carbocycles. The van der Waals surface area contributed by atoms with Gasteiger partial charge in [0, 0.05) is 6.07 Å². The van der Waals surface area contributed by atoms with Crippen molar-refractivity contribution in [1.29, 1.82) is 0 Å². The van der Waals surface area contributed by atoms with E-state index in [9.17, 15) is 4.79 Å². The number of carbonyl (C=O) groups is 1. The molecule has 4 nitrogen and oxygen atoms in total. The lowest BCUT2D eigenvalue weighted by Crippen LogP contribution is -2.19. The Labute approximate surface area is 119 Å². The van der Waals surface area contributed by atoms with E-state index in [1.54, 1.807) is 6.20 Å². The number of anilines is 1. The summed E-state index contributed by atoms with van der Waals surface area (Å²) in [5.74, 6) is 0.752. The van der Waals surface area contributed by atoms with Crippen LogP contribution in [-0.2, 0) is 11.2 Å². The van der Waals surface area contributed by atoms with Crippen molar-refractivity contribution in [3.8, 4) is 0 Å². The zero-order valence-electron chi connectivity index (χ0n) is 12.3. The summed E-state index contributed by atoms with van der Waals surface area (Å²) < 4.78 is 1.86. The molecule has 0 fully saturated rings. The van der Waals surface area contributed by atoms with E-state index in [-0.39, 0.29) is 11.9 Å². The van der Waals surface area contributed by atoms with Crippen LogP contribution >= 0.6 is 0 Å². The number of rotatable bonds is 5. The van der Waals surface area contributed by atoms with Crippen LogP contribution in [0.15, 0.2) is 36.5 Å². The molecule has 1 unspecified atom stereocenters. The van der Waals surface area contributed by atoms with Crippen molar-refractivity contribution in [2.24, 2.45) is 0 Å². The molecule has 2 rings (SSSR count). The molecule has 1 heterocycles. The number of benzene rings is 1. The highest BCUT2D eigenvalue weighted by Crippen LogP contribution is 2.17. The second kappa shape index (κ2) is 6.37. The SMILES string of the molecule is CCC(C)n1nccc1NC(=O)Cc1ccccc1C. The van der Waals surface area contributed by atoms with Crippen LogP contribution in [0.25, 0.3) is 0 Å². The highest BCUT2D eigenvalue weighted by Gasteiger charge is 2.12. The predicted octanol–water partition coefficient (Wildman–Crippen LogP) is 3.34.